The normalized spacial score (nSPS) is 22.3. The molecule has 10 nitrogen and oxygen atoms in total. The van der Waals surface area contributed by atoms with Crippen LogP contribution in [-0.4, -0.2) is 74.5 Å². The van der Waals surface area contributed by atoms with Crippen LogP contribution in [0.15, 0.2) is 53.5 Å². The third-order valence-electron chi connectivity index (χ3n) is 6.12. The van der Waals surface area contributed by atoms with E-state index >= 15 is 0 Å². The van der Waals surface area contributed by atoms with Crippen molar-refractivity contribution in [2.75, 3.05) is 43.4 Å². The highest BCUT2D eigenvalue weighted by atomic mass is 15.4. The van der Waals surface area contributed by atoms with Gasteiger partial charge in [-0.25, -0.2) is 4.99 Å². The highest BCUT2D eigenvalue weighted by Gasteiger charge is 2.21. The van der Waals surface area contributed by atoms with E-state index in [9.17, 15) is 0 Å². The molecule has 10 heteroatoms. The molecule has 0 radical (unpaired) electrons. The number of piperazine rings is 1. The molecule has 1 unspecified atom stereocenters. The second kappa shape index (κ2) is 9.32. The van der Waals surface area contributed by atoms with Gasteiger partial charge >= 0.3 is 0 Å². The van der Waals surface area contributed by atoms with Gasteiger partial charge in [-0.15, -0.1) is 0 Å². The summed E-state index contributed by atoms with van der Waals surface area (Å²) in [4.78, 5) is 23.1. The molecule has 0 bridgehead atoms. The third-order valence-corrected chi connectivity index (χ3v) is 6.12. The maximum absolute atomic E-state index is 6.21. The Hall–Kier alpha value is -3.63. The summed E-state index contributed by atoms with van der Waals surface area (Å²) < 4.78 is 0. The number of aliphatic imine (C=N–C) groups is 1. The highest BCUT2D eigenvalue weighted by Crippen LogP contribution is 2.24. The summed E-state index contributed by atoms with van der Waals surface area (Å²) in [6.07, 6.45) is 5.57. The van der Waals surface area contributed by atoms with E-state index < -0.39 is 0 Å². The maximum atomic E-state index is 6.21. The molecule has 1 atom stereocenters. The number of likely N-dealkylation sites (N-methyl/N-ethyl adjacent to an activating group) is 1. The molecule has 1 aliphatic heterocycles. The fourth-order valence-corrected chi connectivity index (χ4v) is 3.95. The predicted molar refractivity (Wildman–Crippen MR) is 135 cm³/mol. The molecule has 34 heavy (non-hydrogen) atoms. The SMILES string of the molecule is CN1CCN(c2nc(N=C3C=CC(C)(N)CC3)nc(Nc3cc(-c4ccccc4)[nH]n3)n2)CC1. The molecule has 2 aliphatic rings. The molecule has 1 fully saturated rings. The Morgan fingerprint density at radius 1 is 1.09 bits per heavy atom. The number of H-pyrrole nitrogens is 1. The van der Waals surface area contributed by atoms with Crippen LogP contribution in [0.4, 0.5) is 23.7 Å². The Labute approximate surface area is 199 Å². The molecule has 1 aromatic carbocycles. The first-order valence-electron chi connectivity index (χ1n) is 11.6. The number of benzene rings is 1. The van der Waals surface area contributed by atoms with E-state index in [4.69, 9.17) is 10.7 Å². The number of aromatic nitrogens is 5. The fraction of sp³-hybridized carbons (Fsp3) is 0.375. The standard InChI is InChI=1S/C24H30N10/c1-24(25)10-8-18(9-11-24)26-21-28-22(30-23(29-21)34-14-12-33(2)13-15-34)27-20-16-19(31-32-20)17-6-4-3-5-7-17/h3-8,10,16H,9,11-15,25H2,1-2H3,(H2,27,28,29,30,31,32). The minimum atomic E-state index is -0.299. The second-order valence-corrected chi connectivity index (χ2v) is 9.15. The van der Waals surface area contributed by atoms with Crippen LogP contribution >= 0.6 is 0 Å². The second-order valence-electron chi connectivity index (χ2n) is 9.15. The molecule has 5 rings (SSSR count). The van der Waals surface area contributed by atoms with Crippen LogP contribution in [0.5, 0.6) is 0 Å². The van der Waals surface area contributed by atoms with Crippen molar-refractivity contribution >= 4 is 29.4 Å². The zero-order chi connectivity index (χ0) is 23.5. The van der Waals surface area contributed by atoms with Gasteiger partial charge in [0.1, 0.15) is 0 Å². The van der Waals surface area contributed by atoms with Crippen LogP contribution in [0.25, 0.3) is 11.3 Å². The average molecular weight is 459 g/mol. The van der Waals surface area contributed by atoms with Crippen LogP contribution in [0.2, 0.25) is 0 Å². The molecule has 0 spiro atoms. The van der Waals surface area contributed by atoms with Gasteiger partial charge in [0, 0.05) is 43.5 Å². The summed E-state index contributed by atoms with van der Waals surface area (Å²) in [7, 11) is 2.12. The van der Waals surface area contributed by atoms with E-state index in [2.05, 4.69) is 47.3 Å². The summed E-state index contributed by atoms with van der Waals surface area (Å²) in [5.74, 6) is 2.04. The summed E-state index contributed by atoms with van der Waals surface area (Å²) in [5.41, 5.74) is 8.79. The molecule has 176 valence electrons. The molecule has 1 saturated heterocycles. The Morgan fingerprint density at radius 3 is 2.62 bits per heavy atom. The van der Waals surface area contributed by atoms with E-state index in [1.165, 1.54) is 0 Å². The Balaban J connectivity index is 1.43. The molecule has 3 aromatic rings. The number of hydrogen-bond acceptors (Lipinski definition) is 9. The van der Waals surface area contributed by atoms with Crippen molar-refractivity contribution in [2.24, 2.45) is 10.7 Å². The summed E-state index contributed by atoms with van der Waals surface area (Å²) in [5, 5.41) is 10.7. The van der Waals surface area contributed by atoms with Crippen molar-refractivity contribution in [2.45, 2.75) is 25.3 Å². The van der Waals surface area contributed by atoms with Crippen LogP contribution in [0.1, 0.15) is 19.8 Å². The summed E-state index contributed by atoms with van der Waals surface area (Å²) >= 11 is 0. The lowest BCUT2D eigenvalue weighted by Crippen LogP contribution is -2.45. The average Bonchev–Trinajstić information content (AvgIpc) is 3.30. The van der Waals surface area contributed by atoms with E-state index in [-0.39, 0.29) is 5.54 Å². The third kappa shape index (κ3) is 5.29. The fourth-order valence-electron chi connectivity index (χ4n) is 3.95. The monoisotopic (exact) mass is 458 g/mol. The first-order valence-corrected chi connectivity index (χ1v) is 11.6. The van der Waals surface area contributed by atoms with Gasteiger partial charge in [0.15, 0.2) is 5.82 Å². The Bertz CT molecular complexity index is 1190. The lowest BCUT2D eigenvalue weighted by atomic mass is 9.90. The number of allylic oxidation sites excluding steroid dienone is 1. The van der Waals surface area contributed by atoms with Gasteiger partial charge in [-0.3, -0.25) is 5.10 Å². The van der Waals surface area contributed by atoms with E-state index in [1.54, 1.807) is 0 Å². The lowest BCUT2D eigenvalue weighted by molar-refractivity contribution is 0.311. The summed E-state index contributed by atoms with van der Waals surface area (Å²) in [6.45, 7) is 5.63. The van der Waals surface area contributed by atoms with E-state index in [0.29, 0.717) is 23.7 Å². The number of rotatable bonds is 5. The minimum absolute atomic E-state index is 0.299. The van der Waals surface area contributed by atoms with Gasteiger partial charge in [-0.05, 0) is 38.5 Å². The van der Waals surface area contributed by atoms with Gasteiger partial charge in [0.2, 0.25) is 11.9 Å². The molecule has 2 aromatic heterocycles. The highest BCUT2D eigenvalue weighted by molar-refractivity contribution is 5.97. The van der Waals surface area contributed by atoms with Crippen LogP contribution in [0, 0.1) is 0 Å². The van der Waals surface area contributed by atoms with Crippen molar-refractivity contribution in [3.05, 3.63) is 48.6 Å². The van der Waals surface area contributed by atoms with Gasteiger partial charge in [0.05, 0.1) is 5.69 Å². The Morgan fingerprint density at radius 2 is 1.88 bits per heavy atom. The quantitative estimate of drug-likeness (QED) is 0.533. The minimum Gasteiger partial charge on any atom is -0.338 e. The van der Waals surface area contributed by atoms with E-state index in [0.717, 1.165) is 56.0 Å². The number of nitrogens with zero attached hydrogens (tertiary/aromatic N) is 7. The van der Waals surface area contributed by atoms with Crippen molar-refractivity contribution in [3.63, 3.8) is 0 Å². The van der Waals surface area contributed by atoms with Gasteiger partial charge in [-0.1, -0.05) is 36.4 Å². The first kappa shape index (κ1) is 22.2. The first-order chi connectivity index (χ1) is 16.4. The molecule has 3 heterocycles. The zero-order valence-corrected chi connectivity index (χ0v) is 19.6. The van der Waals surface area contributed by atoms with Crippen molar-refractivity contribution in [3.8, 4) is 11.3 Å². The van der Waals surface area contributed by atoms with Crippen LogP contribution < -0.4 is 16.0 Å². The smallest absolute Gasteiger partial charge is 0.256 e. The number of nitrogens with one attached hydrogen (secondary N) is 2. The largest absolute Gasteiger partial charge is 0.338 e. The van der Waals surface area contributed by atoms with Crippen molar-refractivity contribution in [1.29, 1.82) is 0 Å². The van der Waals surface area contributed by atoms with Crippen LogP contribution in [-0.2, 0) is 0 Å². The van der Waals surface area contributed by atoms with Crippen molar-refractivity contribution < 1.29 is 0 Å². The van der Waals surface area contributed by atoms with Gasteiger partial charge < -0.3 is 20.9 Å². The molecular weight excluding hydrogens is 428 g/mol. The topological polar surface area (TPSA) is 124 Å². The number of nitrogens with two attached hydrogens (primary N) is 1. The van der Waals surface area contributed by atoms with E-state index in [1.807, 2.05) is 55.5 Å². The van der Waals surface area contributed by atoms with Gasteiger partial charge in [0.25, 0.3) is 5.95 Å². The molecule has 1 aliphatic carbocycles. The number of aromatic amines is 1. The van der Waals surface area contributed by atoms with Crippen LogP contribution in [0.3, 0.4) is 0 Å². The molecule has 0 amide bonds. The number of hydrogen-bond donors (Lipinski definition) is 3. The zero-order valence-electron chi connectivity index (χ0n) is 19.6. The molecule has 4 N–H and O–H groups in total. The van der Waals surface area contributed by atoms with Gasteiger partial charge in [-0.2, -0.15) is 20.1 Å². The maximum Gasteiger partial charge on any atom is 0.256 e. The lowest BCUT2D eigenvalue weighted by Gasteiger charge is -2.32. The van der Waals surface area contributed by atoms with Crippen molar-refractivity contribution in [1.82, 2.24) is 30.0 Å². The molecular formula is C24H30N10. The number of anilines is 3. The predicted octanol–water partition coefficient (Wildman–Crippen LogP) is 2.90. The molecule has 0 saturated carbocycles. The Kier molecular flexibility index (Phi) is 6.08. The summed E-state index contributed by atoms with van der Waals surface area (Å²) in [6, 6.07) is 12.0.